The number of imidazole rings is 1. The molecule has 0 fully saturated rings. The van der Waals surface area contributed by atoms with E-state index in [1.54, 1.807) is 12.4 Å². The highest BCUT2D eigenvalue weighted by molar-refractivity contribution is 4.94. The van der Waals surface area contributed by atoms with Gasteiger partial charge in [0.15, 0.2) is 0 Å². The van der Waals surface area contributed by atoms with Crippen LogP contribution in [0.2, 0.25) is 0 Å². The average Bonchev–Trinajstić information content (AvgIpc) is 2.35. The van der Waals surface area contributed by atoms with E-state index in [1.165, 1.54) is 0 Å². The van der Waals surface area contributed by atoms with Crippen LogP contribution < -0.4 is 5.73 Å². The third kappa shape index (κ3) is 2.32. The van der Waals surface area contributed by atoms with Crippen LogP contribution >= 0.6 is 0 Å². The number of nitrogens with one attached hydrogen (secondary N) is 1. The number of likely N-dealkylation sites (N-methyl/N-ethyl adjacent to an activating group) is 1. The number of hydrogen-bond donors (Lipinski definition) is 2. The molecule has 4 nitrogen and oxygen atoms in total. The van der Waals surface area contributed by atoms with Crippen molar-refractivity contribution in [2.75, 3.05) is 20.6 Å². The summed E-state index contributed by atoms with van der Waals surface area (Å²) < 4.78 is 0. The summed E-state index contributed by atoms with van der Waals surface area (Å²) in [4.78, 5) is 9.08. The molecule has 0 aliphatic rings. The Morgan fingerprint density at radius 3 is 2.91 bits per heavy atom. The van der Waals surface area contributed by atoms with Crippen LogP contribution in [0.15, 0.2) is 12.4 Å². The van der Waals surface area contributed by atoms with Gasteiger partial charge in [-0.1, -0.05) is 0 Å². The maximum Gasteiger partial charge on any atom is 0.124 e. The molecule has 0 aliphatic carbocycles. The van der Waals surface area contributed by atoms with Gasteiger partial charge in [0.05, 0.1) is 6.04 Å². The van der Waals surface area contributed by atoms with E-state index in [4.69, 9.17) is 5.73 Å². The molecule has 1 heterocycles. The second-order valence-electron chi connectivity index (χ2n) is 2.84. The second-order valence-corrected chi connectivity index (χ2v) is 2.84. The van der Waals surface area contributed by atoms with Gasteiger partial charge in [0, 0.05) is 18.9 Å². The highest BCUT2D eigenvalue weighted by Crippen LogP contribution is 2.02. The quantitative estimate of drug-likeness (QED) is 0.643. The molecule has 1 atom stereocenters. The second kappa shape index (κ2) is 3.50. The van der Waals surface area contributed by atoms with Crippen molar-refractivity contribution in [1.29, 1.82) is 0 Å². The normalized spacial score (nSPS) is 13.8. The lowest BCUT2D eigenvalue weighted by Gasteiger charge is -2.14. The zero-order valence-corrected chi connectivity index (χ0v) is 6.91. The van der Waals surface area contributed by atoms with Crippen molar-refractivity contribution in [3.05, 3.63) is 18.2 Å². The summed E-state index contributed by atoms with van der Waals surface area (Å²) in [7, 11) is 3.98. The van der Waals surface area contributed by atoms with Crippen LogP contribution in [0, 0.1) is 0 Å². The number of nitrogens with two attached hydrogens (primary N) is 1. The SMILES string of the molecule is CN(C)CC(N)c1ncc[nH]1. The molecule has 3 N–H and O–H groups in total. The first-order valence-corrected chi connectivity index (χ1v) is 3.59. The molecule has 0 aliphatic heterocycles. The van der Waals surface area contributed by atoms with Gasteiger partial charge in [0.2, 0.25) is 0 Å². The molecule has 0 bridgehead atoms. The zero-order valence-electron chi connectivity index (χ0n) is 6.91. The molecule has 1 unspecified atom stereocenters. The monoisotopic (exact) mass is 154 g/mol. The van der Waals surface area contributed by atoms with Crippen LogP contribution in [-0.2, 0) is 0 Å². The topological polar surface area (TPSA) is 57.9 Å². The van der Waals surface area contributed by atoms with Crippen molar-refractivity contribution in [3.63, 3.8) is 0 Å². The van der Waals surface area contributed by atoms with Gasteiger partial charge in [-0.2, -0.15) is 0 Å². The van der Waals surface area contributed by atoms with Gasteiger partial charge in [-0.25, -0.2) is 4.98 Å². The van der Waals surface area contributed by atoms with E-state index < -0.39 is 0 Å². The predicted octanol–water partition coefficient (Wildman–Crippen LogP) is -0.0289. The van der Waals surface area contributed by atoms with Gasteiger partial charge in [-0.3, -0.25) is 0 Å². The Bertz CT molecular complexity index is 192. The summed E-state index contributed by atoms with van der Waals surface area (Å²) in [5, 5.41) is 0. The van der Waals surface area contributed by atoms with Gasteiger partial charge >= 0.3 is 0 Å². The van der Waals surface area contributed by atoms with Gasteiger partial charge in [0.25, 0.3) is 0 Å². The van der Waals surface area contributed by atoms with E-state index in [0.717, 1.165) is 12.4 Å². The molecule has 62 valence electrons. The van der Waals surface area contributed by atoms with E-state index in [1.807, 2.05) is 19.0 Å². The third-order valence-electron chi connectivity index (χ3n) is 1.43. The van der Waals surface area contributed by atoms with Crippen molar-refractivity contribution in [2.45, 2.75) is 6.04 Å². The van der Waals surface area contributed by atoms with E-state index in [2.05, 4.69) is 9.97 Å². The summed E-state index contributed by atoms with van der Waals surface area (Å²) in [5.41, 5.74) is 5.80. The average molecular weight is 154 g/mol. The van der Waals surface area contributed by atoms with Crippen LogP contribution in [0.5, 0.6) is 0 Å². The van der Waals surface area contributed by atoms with Gasteiger partial charge in [0.1, 0.15) is 5.82 Å². The minimum Gasteiger partial charge on any atom is -0.347 e. The molecular formula is C7H14N4. The fourth-order valence-electron chi connectivity index (χ4n) is 0.960. The maximum atomic E-state index is 5.80. The molecule has 1 aromatic rings. The van der Waals surface area contributed by atoms with E-state index in [9.17, 15) is 0 Å². The predicted molar refractivity (Wildman–Crippen MR) is 44.1 cm³/mol. The Morgan fingerprint density at radius 2 is 2.45 bits per heavy atom. The van der Waals surface area contributed by atoms with Crippen LogP contribution in [0.25, 0.3) is 0 Å². The lowest BCUT2D eigenvalue weighted by molar-refractivity contribution is 0.371. The summed E-state index contributed by atoms with van der Waals surface area (Å²) in [6.07, 6.45) is 3.50. The number of aromatic amines is 1. The molecule has 0 spiro atoms. The smallest absolute Gasteiger partial charge is 0.124 e. The van der Waals surface area contributed by atoms with E-state index >= 15 is 0 Å². The number of hydrogen-bond acceptors (Lipinski definition) is 3. The lowest BCUT2D eigenvalue weighted by atomic mass is 10.3. The minimum atomic E-state index is -0.0139. The fourth-order valence-corrected chi connectivity index (χ4v) is 0.960. The Kier molecular flexibility index (Phi) is 2.62. The Hall–Kier alpha value is -0.870. The number of rotatable bonds is 3. The molecule has 0 radical (unpaired) electrons. The third-order valence-corrected chi connectivity index (χ3v) is 1.43. The molecule has 0 saturated heterocycles. The summed E-state index contributed by atoms with van der Waals surface area (Å²) in [5.74, 6) is 0.846. The van der Waals surface area contributed by atoms with Crippen molar-refractivity contribution in [3.8, 4) is 0 Å². The van der Waals surface area contributed by atoms with Crippen LogP contribution in [0.4, 0.5) is 0 Å². The first-order valence-electron chi connectivity index (χ1n) is 3.59. The van der Waals surface area contributed by atoms with Crippen molar-refractivity contribution >= 4 is 0 Å². The largest absolute Gasteiger partial charge is 0.347 e. The standard InChI is InChI=1S/C7H14N4/c1-11(2)5-6(8)7-9-3-4-10-7/h3-4,6H,5,8H2,1-2H3,(H,9,10). The number of H-pyrrole nitrogens is 1. The highest BCUT2D eigenvalue weighted by Gasteiger charge is 2.07. The van der Waals surface area contributed by atoms with Crippen LogP contribution in [-0.4, -0.2) is 35.5 Å². The van der Waals surface area contributed by atoms with Gasteiger partial charge in [-0.05, 0) is 14.1 Å². The summed E-state index contributed by atoms with van der Waals surface area (Å²) in [6.45, 7) is 0.813. The number of aromatic nitrogens is 2. The maximum absolute atomic E-state index is 5.80. The van der Waals surface area contributed by atoms with Crippen molar-refractivity contribution in [2.24, 2.45) is 5.73 Å². The molecular weight excluding hydrogens is 140 g/mol. The summed E-state index contributed by atoms with van der Waals surface area (Å²) in [6, 6.07) is -0.0139. The molecule has 0 amide bonds. The molecule has 1 rings (SSSR count). The van der Waals surface area contributed by atoms with E-state index in [0.29, 0.717) is 0 Å². The first kappa shape index (κ1) is 8.23. The zero-order chi connectivity index (χ0) is 8.27. The fraction of sp³-hybridized carbons (Fsp3) is 0.571. The van der Waals surface area contributed by atoms with Gasteiger partial charge in [-0.15, -0.1) is 0 Å². The molecule has 11 heavy (non-hydrogen) atoms. The molecule has 0 saturated carbocycles. The van der Waals surface area contributed by atoms with Crippen LogP contribution in [0.1, 0.15) is 11.9 Å². The Labute approximate surface area is 66.4 Å². The van der Waals surface area contributed by atoms with Crippen molar-refractivity contribution in [1.82, 2.24) is 14.9 Å². The summed E-state index contributed by atoms with van der Waals surface area (Å²) >= 11 is 0. The lowest BCUT2D eigenvalue weighted by Crippen LogP contribution is -2.26. The van der Waals surface area contributed by atoms with Crippen LogP contribution in [0.3, 0.4) is 0 Å². The highest BCUT2D eigenvalue weighted by atomic mass is 15.1. The van der Waals surface area contributed by atoms with E-state index in [-0.39, 0.29) is 6.04 Å². The van der Waals surface area contributed by atoms with Crippen molar-refractivity contribution < 1.29 is 0 Å². The first-order chi connectivity index (χ1) is 5.20. The molecule has 4 heteroatoms. The van der Waals surface area contributed by atoms with Gasteiger partial charge < -0.3 is 15.6 Å². The Balaban J connectivity index is 2.49. The minimum absolute atomic E-state index is 0.0139. The molecule has 0 aromatic carbocycles. The number of nitrogens with zero attached hydrogens (tertiary/aromatic N) is 2. The molecule has 1 aromatic heterocycles. The Morgan fingerprint density at radius 1 is 1.73 bits per heavy atom.